The van der Waals surface area contributed by atoms with E-state index in [1.807, 2.05) is 18.4 Å². The summed E-state index contributed by atoms with van der Waals surface area (Å²) in [5.74, 6) is 0.0461. The zero-order chi connectivity index (χ0) is 22.0. The number of anilines is 1. The van der Waals surface area contributed by atoms with Crippen LogP contribution in [0.25, 0.3) is 11.2 Å². The molecule has 168 valence electrons. The van der Waals surface area contributed by atoms with E-state index in [1.54, 1.807) is 12.7 Å². The van der Waals surface area contributed by atoms with Gasteiger partial charge in [-0.05, 0) is 37.8 Å². The van der Waals surface area contributed by atoms with Gasteiger partial charge in [0.05, 0.1) is 19.0 Å². The quantitative estimate of drug-likeness (QED) is 0.665. The van der Waals surface area contributed by atoms with Crippen molar-refractivity contribution in [2.75, 3.05) is 18.6 Å². The summed E-state index contributed by atoms with van der Waals surface area (Å²) >= 11 is 0. The Balaban J connectivity index is 1.37. The minimum atomic E-state index is -0.739. The summed E-state index contributed by atoms with van der Waals surface area (Å²) in [6.07, 6.45) is 3.70. The van der Waals surface area contributed by atoms with Gasteiger partial charge in [0.15, 0.2) is 29.0 Å². The molecule has 2 fully saturated rings. The molecule has 2 aliphatic heterocycles. The third-order valence-electron chi connectivity index (χ3n) is 6.82. The first-order chi connectivity index (χ1) is 15.5. The first-order valence-corrected chi connectivity index (χ1v) is 11.1. The maximum atomic E-state index is 9.81. The van der Waals surface area contributed by atoms with Crippen LogP contribution in [-0.2, 0) is 20.6 Å². The Bertz CT molecular complexity index is 1160. The van der Waals surface area contributed by atoms with E-state index < -0.39 is 18.1 Å². The summed E-state index contributed by atoms with van der Waals surface area (Å²) in [4.78, 5) is 16.0. The zero-order valence-electron chi connectivity index (χ0n) is 18.4. The van der Waals surface area contributed by atoms with Gasteiger partial charge in [-0.1, -0.05) is 24.3 Å². The standard InChI is InChI=1S/C23H27N5O4/c1-23(2)31-18-16(10-29)30-22(19(18)32-23)28-12-26-17-20(24-11-25-21(17)28)27(3)15-9-8-13-6-4-5-7-14(13)15/h4-7,11-12,15-16,18-19,22,29H,8-10H2,1-3H3/t15?,16-,18-,19-,22-/m1/s1. The van der Waals surface area contributed by atoms with Crippen molar-refractivity contribution < 1.29 is 19.3 Å². The van der Waals surface area contributed by atoms with Gasteiger partial charge in [0.25, 0.3) is 0 Å². The maximum absolute atomic E-state index is 9.81. The molecule has 0 spiro atoms. The van der Waals surface area contributed by atoms with Crippen molar-refractivity contribution >= 4 is 17.0 Å². The van der Waals surface area contributed by atoms with Gasteiger partial charge in [-0.2, -0.15) is 0 Å². The van der Waals surface area contributed by atoms with E-state index >= 15 is 0 Å². The van der Waals surface area contributed by atoms with E-state index in [4.69, 9.17) is 14.2 Å². The molecule has 5 atom stereocenters. The molecule has 3 aliphatic rings. The molecule has 9 nitrogen and oxygen atoms in total. The van der Waals surface area contributed by atoms with Crippen LogP contribution in [-0.4, -0.2) is 62.4 Å². The van der Waals surface area contributed by atoms with Crippen LogP contribution >= 0.6 is 0 Å². The van der Waals surface area contributed by atoms with Gasteiger partial charge >= 0.3 is 0 Å². The van der Waals surface area contributed by atoms with Gasteiger partial charge < -0.3 is 24.2 Å². The zero-order valence-corrected chi connectivity index (χ0v) is 18.4. The van der Waals surface area contributed by atoms with Gasteiger partial charge in [0.2, 0.25) is 0 Å². The van der Waals surface area contributed by atoms with E-state index in [0.29, 0.717) is 11.2 Å². The topological polar surface area (TPSA) is 94.8 Å². The Labute approximate surface area is 186 Å². The van der Waals surface area contributed by atoms with Crippen LogP contribution in [0.1, 0.15) is 43.7 Å². The van der Waals surface area contributed by atoms with Gasteiger partial charge in [-0.15, -0.1) is 0 Å². The first kappa shape index (κ1) is 20.0. The number of fused-ring (bicyclic) bond motifs is 3. The monoisotopic (exact) mass is 437 g/mol. The van der Waals surface area contributed by atoms with E-state index in [0.717, 1.165) is 18.7 Å². The highest BCUT2D eigenvalue weighted by molar-refractivity contribution is 5.83. The van der Waals surface area contributed by atoms with Gasteiger partial charge in [-0.25, -0.2) is 15.0 Å². The van der Waals surface area contributed by atoms with E-state index in [1.165, 1.54) is 11.1 Å². The Morgan fingerprint density at radius 1 is 1.16 bits per heavy atom. The van der Waals surface area contributed by atoms with Crippen LogP contribution < -0.4 is 4.90 Å². The summed E-state index contributed by atoms with van der Waals surface area (Å²) in [6.45, 7) is 3.60. The Morgan fingerprint density at radius 2 is 1.97 bits per heavy atom. The fourth-order valence-corrected chi connectivity index (χ4v) is 5.40. The predicted molar refractivity (Wildman–Crippen MR) is 116 cm³/mol. The van der Waals surface area contributed by atoms with Crippen LogP contribution in [0, 0.1) is 0 Å². The molecule has 0 saturated carbocycles. The van der Waals surface area contributed by atoms with E-state index in [9.17, 15) is 5.11 Å². The summed E-state index contributed by atoms with van der Waals surface area (Å²) in [5, 5.41) is 9.81. The lowest BCUT2D eigenvalue weighted by atomic mass is 10.1. The second kappa shape index (κ2) is 7.21. The van der Waals surface area contributed by atoms with Crippen molar-refractivity contribution in [2.45, 2.75) is 63.1 Å². The van der Waals surface area contributed by atoms with Crippen molar-refractivity contribution in [2.24, 2.45) is 0 Å². The number of nitrogens with zero attached hydrogens (tertiary/aromatic N) is 5. The molecule has 4 heterocycles. The Kier molecular flexibility index (Phi) is 4.52. The number of aromatic nitrogens is 4. The Morgan fingerprint density at radius 3 is 2.81 bits per heavy atom. The van der Waals surface area contributed by atoms with Crippen LogP contribution in [0.3, 0.4) is 0 Å². The van der Waals surface area contributed by atoms with Crippen molar-refractivity contribution in [3.63, 3.8) is 0 Å². The number of ether oxygens (including phenoxy) is 3. The molecule has 3 aromatic rings. The molecule has 0 radical (unpaired) electrons. The lowest BCUT2D eigenvalue weighted by Crippen LogP contribution is -2.31. The molecule has 1 aliphatic carbocycles. The second-order valence-corrected chi connectivity index (χ2v) is 9.20. The van der Waals surface area contributed by atoms with Crippen molar-refractivity contribution in [3.05, 3.63) is 48.0 Å². The highest BCUT2D eigenvalue weighted by Crippen LogP contribution is 2.44. The summed E-state index contributed by atoms with van der Waals surface area (Å²) < 4.78 is 20.1. The summed E-state index contributed by atoms with van der Waals surface area (Å²) in [5.41, 5.74) is 4.11. The molecular weight excluding hydrogens is 410 g/mol. The molecular formula is C23H27N5O4. The largest absolute Gasteiger partial charge is 0.394 e. The molecule has 32 heavy (non-hydrogen) atoms. The predicted octanol–water partition coefficient (Wildman–Crippen LogP) is 2.36. The molecule has 1 unspecified atom stereocenters. The number of benzene rings is 1. The average Bonchev–Trinajstić information content (AvgIpc) is 3.53. The molecule has 1 aromatic carbocycles. The van der Waals surface area contributed by atoms with E-state index in [-0.39, 0.29) is 24.9 Å². The number of hydrogen-bond donors (Lipinski definition) is 1. The number of aliphatic hydroxyl groups is 1. The molecule has 9 heteroatoms. The maximum Gasteiger partial charge on any atom is 0.167 e. The third-order valence-corrected chi connectivity index (χ3v) is 6.82. The van der Waals surface area contributed by atoms with Gasteiger partial charge in [0, 0.05) is 7.05 Å². The average molecular weight is 438 g/mol. The molecule has 6 rings (SSSR count). The first-order valence-electron chi connectivity index (χ1n) is 11.1. The SMILES string of the molecule is CN(c1ncnc2c1ncn2[C@@H]1O[C@H](CO)[C@H]2OC(C)(C)O[C@H]21)C1CCc2ccccc21. The lowest BCUT2D eigenvalue weighted by Gasteiger charge is -2.26. The van der Waals surface area contributed by atoms with Crippen molar-refractivity contribution in [1.29, 1.82) is 0 Å². The fraction of sp³-hybridized carbons (Fsp3) is 0.522. The van der Waals surface area contributed by atoms with E-state index in [2.05, 4.69) is 51.2 Å². The number of hydrogen-bond acceptors (Lipinski definition) is 8. The lowest BCUT2D eigenvalue weighted by molar-refractivity contribution is -0.199. The Hall–Kier alpha value is -2.59. The molecule has 0 amide bonds. The van der Waals surface area contributed by atoms with Gasteiger partial charge in [-0.3, -0.25) is 4.57 Å². The number of imidazole rings is 1. The van der Waals surface area contributed by atoms with Crippen molar-refractivity contribution in [3.8, 4) is 0 Å². The number of rotatable bonds is 4. The highest BCUT2D eigenvalue weighted by atomic mass is 16.8. The smallest absolute Gasteiger partial charge is 0.167 e. The molecule has 2 aromatic heterocycles. The van der Waals surface area contributed by atoms with Crippen LogP contribution in [0.5, 0.6) is 0 Å². The molecule has 0 bridgehead atoms. The fourth-order valence-electron chi connectivity index (χ4n) is 5.40. The normalized spacial score (nSPS) is 30.6. The van der Waals surface area contributed by atoms with Crippen LogP contribution in [0.2, 0.25) is 0 Å². The number of aliphatic hydroxyl groups excluding tert-OH is 1. The second-order valence-electron chi connectivity index (χ2n) is 9.20. The minimum absolute atomic E-state index is 0.145. The highest BCUT2D eigenvalue weighted by Gasteiger charge is 2.56. The van der Waals surface area contributed by atoms with Crippen molar-refractivity contribution in [1.82, 2.24) is 19.5 Å². The van der Waals surface area contributed by atoms with Crippen LogP contribution in [0.15, 0.2) is 36.9 Å². The minimum Gasteiger partial charge on any atom is -0.394 e. The molecule has 2 saturated heterocycles. The van der Waals surface area contributed by atoms with Gasteiger partial charge in [0.1, 0.15) is 24.6 Å². The summed E-state index contributed by atoms with van der Waals surface area (Å²) in [7, 11) is 2.06. The third kappa shape index (κ3) is 2.96. The molecule has 1 N–H and O–H groups in total. The number of aryl methyl sites for hydroxylation is 1. The van der Waals surface area contributed by atoms with Crippen LogP contribution in [0.4, 0.5) is 5.82 Å². The summed E-state index contributed by atoms with van der Waals surface area (Å²) in [6, 6.07) is 8.82.